The van der Waals surface area contributed by atoms with Gasteiger partial charge >= 0.3 is 0 Å². The van der Waals surface area contributed by atoms with E-state index in [-0.39, 0.29) is 23.3 Å². The first-order chi connectivity index (χ1) is 17.8. The van der Waals surface area contributed by atoms with Gasteiger partial charge in [-0.2, -0.15) is 0 Å². The van der Waals surface area contributed by atoms with E-state index < -0.39 is 0 Å². The Labute approximate surface area is 218 Å². The van der Waals surface area contributed by atoms with Gasteiger partial charge in [-0.3, -0.25) is 9.59 Å². The fourth-order valence-corrected chi connectivity index (χ4v) is 4.94. The number of carbonyl (C=O) groups excluding carboxylic acids is 2. The zero-order valence-corrected chi connectivity index (χ0v) is 21.3. The molecule has 1 amide bonds. The number of carbonyl (C=O) groups is 2. The number of phenolic OH excluding ortho intramolecular Hbond substituents is 1. The molecular weight excluding hydrogens is 491 g/mol. The lowest BCUT2D eigenvalue weighted by Gasteiger charge is -2.09. The van der Waals surface area contributed by atoms with Gasteiger partial charge in [0.25, 0.3) is 0 Å². The number of nitrogens with one attached hydrogen (secondary N) is 1. The van der Waals surface area contributed by atoms with Gasteiger partial charge in [-0.25, -0.2) is 4.39 Å². The van der Waals surface area contributed by atoms with Crippen LogP contribution in [0.3, 0.4) is 0 Å². The minimum Gasteiger partial charge on any atom is -0.508 e. The second-order valence-corrected chi connectivity index (χ2v) is 9.59. The maximum absolute atomic E-state index is 13.6. The highest BCUT2D eigenvalue weighted by Crippen LogP contribution is 2.41. The summed E-state index contributed by atoms with van der Waals surface area (Å²) in [5.41, 5.74) is 1.75. The molecule has 0 aliphatic carbocycles. The fourth-order valence-electron chi connectivity index (χ4n) is 3.70. The van der Waals surface area contributed by atoms with Crippen LogP contribution in [0.15, 0.2) is 78.9 Å². The number of likely N-dealkylation sites (N-methyl/N-ethyl adjacent to an activating group) is 1. The Kier molecular flexibility index (Phi) is 8.32. The van der Waals surface area contributed by atoms with Crippen molar-refractivity contribution in [2.75, 3.05) is 33.8 Å². The predicted molar refractivity (Wildman–Crippen MR) is 145 cm³/mol. The molecular formula is C29H27FN2O4S. The van der Waals surface area contributed by atoms with Crippen molar-refractivity contribution >= 4 is 33.1 Å². The van der Waals surface area contributed by atoms with Crippen LogP contribution >= 0.6 is 11.3 Å². The monoisotopic (exact) mass is 518 g/mol. The molecule has 0 saturated heterocycles. The summed E-state index contributed by atoms with van der Waals surface area (Å²) in [4.78, 5) is 27.3. The van der Waals surface area contributed by atoms with Crippen molar-refractivity contribution in [3.05, 3.63) is 95.8 Å². The van der Waals surface area contributed by atoms with Gasteiger partial charge in [-0.1, -0.05) is 18.2 Å². The molecule has 0 bridgehead atoms. The highest BCUT2D eigenvalue weighted by Gasteiger charge is 2.22. The number of amides is 1. The van der Waals surface area contributed by atoms with Crippen molar-refractivity contribution in [3.63, 3.8) is 0 Å². The third-order valence-electron chi connectivity index (χ3n) is 5.63. The van der Waals surface area contributed by atoms with E-state index in [2.05, 4.69) is 5.32 Å². The molecule has 0 aliphatic heterocycles. The Bertz CT molecular complexity index is 1430. The number of hydrogen-bond acceptors (Lipinski definition) is 6. The van der Waals surface area contributed by atoms with E-state index in [1.54, 1.807) is 74.8 Å². The molecule has 4 rings (SSSR count). The molecule has 0 fully saturated rings. The van der Waals surface area contributed by atoms with Crippen LogP contribution in [0.25, 0.3) is 20.5 Å². The highest BCUT2D eigenvalue weighted by atomic mass is 32.1. The van der Waals surface area contributed by atoms with E-state index >= 15 is 0 Å². The molecule has 37 heavy (non-hydrogen) atoms. The fraction of sp³-hybridized carbons (Fsp3) is 0.172. The molecule has 1 aromatic heterocycles. The van der Waals surface area contributed by atoms with Crippen LogP contribution in [-0.4, -0.2) is 55.5 Å². The average molecular weight is 519 g/mol. The number of hydrogen-bond donors (Lipinski definition) is 2. The number of ether oxygens (including phenoxy) is 1. The Hall–Kier alpha value is -4.01. The third-order valence-corrected chi connectivity index (χ3v) is 6.84. The van der Waals surface area contributed by atoms with Crippen LogP contribution in [0.2, 0.25) is 0 Å². The topological polar surface area (TPSA) is 78.9 Å². The van der Waals surface area contributed by atoms with Crippen LogP contribution in [0.4, 0.5) is 4.39 Å². The van der Waals surface area contributed by atoms with Crippen LogP contribution < -0.4 is 10.1 Å². The second-order valence-electron chi connectivity index (χ2n) is 8.53. The molecule has 190 valence electrons. The van der Waals surface area contributed by atoms with E-state index in [9.17, 15) is 19.1 Å². The molecule has 4 aromatic rings. The van der Waals surface area contributed by atoms with Crippen LogP contribution in [0.5, 0.6) is 11.5 Å². The number of rotatable bonds is 10. The maximum atomic E-state index is 13.6. The molecule has 6 nitrogen and oxygen atoms in total. The minimum absolute atomic E-state index is 0.0638. The molecule has 0 spiro atoms. The Morgan fingerprint density at radius 1 is 1.05 bits per heavy atom. The Morgan fingerprint density at radius 3 is 2.49 bits per heavy atom. The number of nitrogens with zero attached hydrogens (tertiary/aromatic N) is 1. The van der Waals surface area contributed by atoms with Gasteiger partial charge in [-0.15, -0.1) is 11.3 Å². The summed E-state index contributed by atoms with van der Waals surface area (Å²) in [5, 5.41) is 13.8. The van der Waals surface area contributed by atoms with Gasteiger partial charge in [0.15, 0.2) is 5.78 Å². The van der Waals surface area contributed by atoms with E-state index in [0.717, 1.165) is 20.5 Å². The lowest BCUT2D eigenvalue weighted by molar-refractivity contribution is -0.123. The van der Waals surface area contributed by atoms with Gasteiger partial charge in [0.2, 0.25) is 5.91 Å². The quantitative estimate of drug-likeness (QED) is 0.170. The van der Waals surface area contributed by atoms with Crippen molar-refractivity contribution in [3.8, 4) is 21.9 Å². The van der Waals surface area contributed by atoms with E-state index in [0.29, 0.717) is 36.6 Å². The number of ketones is 1. The number of halogens is 1. The molecule has 2 N–H and O–H groups in total. The molecule has 1 heterocycles. The SMILES string of the molecule is CN(C)C(=O)/C=C/CNCCOc1ccc(C(=O)c2c(-c3ccc(F)cc3)sc3cc(O)ccc23)cc1. The van der Waals surface area contributed by atoms with Crippen molar-refractivity contribution in [1.82, 2.24) is 10.2 Å². The maximum Gasteiger partial charge on any atom is 0.245 e. The normalized spacial score (nSPS) is 11.2. The highest BCUT2D eigenvalue weighted by molar-refractivity contribution is 7.22. The van der Waals surface area contributed by atoms with Gasteiger partial charge in [0, 0.05) is 59.4 Å². The molecule has 3 aromatic carbocycles. The van der Waals surface area contributed by atoms with Crippen molar-refractivity contribution < 1.29 is 23.8 Å². The molecule has 8 heteroatoms. The predicted octanol–water partition coefficient (Wildman–Crippen LogP) is 5.26. The van der Waals surface area contributed by atoms with E-state index in [1.807, 2.05) is 0 Å². The van der Waals surface area contributed by atoms with Crippen molar-refractivity contribution in [1.29, 1.82) is 0 Å². The van der Waals surface area contributed by atoms with E-state index in [1.165, 1.54) is 34.4 Å². The molecule has 0 aliphatic rings. The molecule has 0 atom stereocenters. The van der Waals surface area contributed by atoms with Crippen LogP contribution in [0.1, 0.15) is 15.9 Å². The van der Waals surface area contributed by atoms with Crippen molar-refractivity contribution in [2.45, 2.75) is 0 Å². The van der Waals surface area contributed by atoms with E-state index in [4.69, 9.17) is 4.74 Å². The second kappa shape index (κ2) is 11.8. The summed E-state index contributed by atoms with van der Waals surface area (Å²) in [7, 11) is 3.40. The largest absolute Gasteiger partial charge is 0.508 e. The number of phenols is 1. The number of thiophene rings is 1. The van der Waals surface area contributed by atoms with Gasteiger partial charge in [-0.05, 0) is 60.2 Å². The molecule has 0 radical (unpaired) electrons. The number of aromatic hydroxyl groups is 1. The smallest absolute Gasteiger partial charge is 0.245 e. The Morgan fingerprint density at radius 2 is 1.78 bits per heavy atom. The number of benzene rings is 3. The Balaban J connectivity index is 1.45. The first kappa shape index (κ1) is 26.1. The summed E-state index contributed by atoms with van der Waals surface area (Å²) < 4.78 is 20.0. The zero-order chi connectivity index (χ0) is 26.4. The summed E-state index contributed by atoms with van der Waals surface area (Å²) >= 11 is 1.38. The van der Waals surface area contributed by atoms with Gasteiger partial charge in [0.05, 0.1) is 0 Å². The average Bonchev–Trinajstić information content (AvgIpc) is 3.26. The first-order valence-electron chi connectivity index (χ1n) is 11.7. The standard InChI is InChI=1S/C29H27FN2O4S/c1-32(2)26(34)4-3-15-31-16-17-36-23-12-7-19(8-13-23)28(35)27-24-14-11-22(33)18-25(24)37-29(27)20-5-9-21(30)10-6-20/h3-14,18,31,33H,15-17H2,1-2H3/b4-3+. The lowest BCUT2D eigenvalue weighted by Crippen LogP contribution is -2.22. The minimum atomic E-state index is -0.350. The first-order valence-corrected chi connectivity index (χ1v) is 12.5. The summed E-state index contributed by atoms with van der Waals surface area (Å²) in [6.07, 6.45) is 3.28. The van der Waals surface area contributed by atoms with Gasteiger partial charge in [0.1, 0.15) is 23.9 Å². The molecule has 0 saturated carbocycles. The summed E-state index contributed by atoms with van der Waals surface area (Å²) in [6.45, 7) is 1.57. The summed E-state index contributed by atoms with van der Waals surface area (Å²) in [5.74, 6) is 0.176. The van der Waals surface area contributed by atoms with Crippen LogP contribution in [-0.2, 0) is 4.79 Å². The number of fused-ring (bicyclic) bond motifs is 1. The molecule has 0 unspecified atom stereocenters. The zero-order valence-electron chi connectivity index (χ0n) is 20.5. The van der Waals surface area contributed by atoms with Crippen molar-refractivity contribution in [2.24, 2.45) is 0 Å². The van der Waals surface area contributed by atoms with Crippen LogP contribution in [0, 0.1) is 5.82 Å². The third kappa shape index (κ3) is 6.41. The van der Waals surface area contributed by atoms with Gasteiger partial charge < -0.3 is 20.1 Å². The summed E-state index contributed by atoms with van der Waals surface area (Å²) in [6, 6.07) is 17.9. The lowest BCUT2D eigenvalue weighted by atomic mass is 9.97.